The minimum absolute atomic E-state index is 0.562. The van der Waals surface area contributed by atoms with Crippen molar-refractivity contribution in [3.05, 3.63) is 128 Å². The van der Waals surface area contributed by atoms with Crippen molar-refractivity contribution in [2.75, 3.05) is 0 Å². The van der Waals surface area contributed by atoms with E-state index in [4.69, 9.17) is 0 Å². The predicted molar refractivity (Wildman–Crippen MR) is 132 cm³/mol. The van der Waals surface area contributed by atoms with Gasteiger partial charge in [0.1, 0.15) is 0 Å². The van der Waals surface area contributed by atoms with E-state index in [1.807, 2.05) is 128 Å². The van der Waals surface area contributed by atoms with Gasteiger partial charge in [-0.05, 0) is 5.56 Å². The number of rotatable bonds is 5. The van der Waals surface area contributed by atoms with Gasteiger partial charge in [0.15, 0.2) is 13.0 Å². The first-order chi connectivity index (χ1) is 15.8. The maximum Gasteiger partial charge on any atom is 0.171 e. The predicted octanol–water partition coefficient (Wildman–Crippen LogP) is 5.45. The van der Waals surface area contributed by atoms with Gasteiger partial charge in [0.2, 0.25) is 0 Å². The highest BCUT2D eigenvalue weighted by atomic mass is 31.2. The molecule has 0 aliphatic carbocycles. The first-order valence-corrected chi connectivity index (χ1v) is 12.2. The largest absolute Gasteiger partial charge is 0.309 e. The molecule has 4 aromatic carbocycles. The van der Waals surface area contributed by atoms with Crippen LogP contribution in [-0.2, 0) is 4.57 Å². The smallest absolute Gasteiger partial charge is 0.171 e. The Labute approximate surface area is 187 Å². The summed E-state index contributed by atoms with van der Waals surface area (Å²) in [7, 11) is -3.13. The minimum atomic E-state index is -3.13. The van der Waals surface area contributed by atoms with Gasteiger partial charge in [-0.3, -0.25) is 0 Å². The molecule has 5 rings (SSSR count). The molecule has 3 nitrogen and oxygen atoms in total. The van der Waals surface area contributed by atoms with Crippen molar-refractivity contribution in [2.45, 2.75) is 0 Å². The summed E-state index contributed by atoms with van der Waals surface area (Å²) in [4.78, 5) is 9.31. The van der Waals surface area contributed by atoms with Gasteiger partial charge < -0.3 is 4.57 Å². The number of aromatic nitrogens is 2. The third kappa shape index (κ3) is 3.68. The van der Waals surface area contributed by atoms with Crippen molar-refractivity contribution in [3.8, 4) is 22.5 Å². The Morgan fingerprint density at radius 3 is 1.53 bits per heavy atom. The Kier molecular flexibility index (Phi) is 5.49. The van der Waals surface area contributed by atoms with Crippen molar-refractivity contribution < 1.29 is 4.57 Å². The first-order valence-electron chi connectivity index (χ1n) is 10.5. The molecule has 0 unspecified atom stereocenters. The third-order valence-corrected chi connectivity index (χ3v) is 8.60. The molecular weight excluding hydrogens is 411 g/mol. The lowest BCUT2D eigenvalue weighted by Crippen LogP contribution is -2.26. The third-order valence-electron chi connectivity index (χ3n) is 5.48. The molecule has 4 heteroatoms. The molecule has 154 valence electrons. The van der Waals surface area contributed by atoms with Gasteiger partial charge in [-0.15, -0.1) is 0 Å². The van der Waals surface area contributed by atoms with Crippen molar-refractivity contribution in [3.63, 3.8) is 0 Å². The van der Waals surface area contributed by atoms with Crippen LogP contribution in [0.1, 0.15) is 0 Å². The van der Waals surface area contributed by atoms with E-state index in [-0.39, 0.29) is 0 Å². The summed E-state index contributed by atoms with van der Waals surface area (Å²) >= 11 is 0. The van der Waals surface area contributed by atoms with E-state index >= 15 is 0 Å². The molecule has 0 saturated heterocycles. The maximum absolute atomic E-state index is 14.8. The summed E-state index contributed by atoms with van der Waals surface area (Å²) in [5.74, 6) is 0.562. The SMILES string of the molecule is O=P(c1ccccc1)(c1ccccc1)c1ccccc1-c1ncc(-c2ccccc2)cn1. The molecule has 0 fully saturated rings. The van der Waals surface area contributed by atoms with E-state index < -0.39 is 7.14 Å². The summed E-state index contributed by atoms with van der Waals surface area (Å²) in [5, 5.41) is 2.32. The van der Waals surface area contributed by atoms with Crippen LogP contribution in [0.5, 0.6) is 0 Å². The molecule has 0 amide bonds. The zero-order valence-corrected chi connectivity index (χ0v) is 18.3. The second-order valence-electron chi connectivity index (χ2n) is 7.46. The lowest BCUT2D eigenvalue weighted by molar-refractivity contribution is 0.592. The van der Waals surface area contributed by atoms with E-state index in [0.717, 1.165) is 32.6 Å². The second-order valence-corrected chi connectivity index (χ2v) is 10.2. The Morgan fingerprint density at radius 2 is 0.969 bits per heavy atom. The van der Waals surface area contributed by atoms with E-state index in [1.54, 1.807) is 0 Å². The molecule has 1 aromatic heterocycles. The average Bonchev–Trinajstić information content (AvgIpc) is 2.90. The fraction of sp³-hybridized carbons (Fsp3) is 0. The summed E-state index contributed by atoms with van der Waals surface area (Å²) < 4.78 is 14.8. The monoisotopic (exact) mass is 432 g/mol. The molecule has 5 aromatic rings. The van der Waals surface area contributed by atoms with Crippen LogP contribution < -0.4 is 15.9 Å². The fourth-order valence-electron chi connectivity index (χ4n) is 3.89. The van der Waals surface area contributed by atoms with Crippen molar-refractivity contribution in [1.29, 1.82) is 0 Å². The van der Waals surface area contributed by atoms with E-state index in [2.05, 4.69) is 9.97 Å². The van der Waals surface area contributed by atoms with Crippen LogP contribution in [0, 0.1) is 0 Å². The van der Waals surface area contributed by atoms with Gasteiger partial charge >= 0.3 is 0 Å². The Balaban J connectivity index is 1.67. The lowest BCUT2D eigenvalue weighted by atomic mass is 10.1. The second kappa shape index (κ2) is 8.74. The summed E-state index contributed by atoms with van der Waals surface area (Å²) in [6, 6.07) is 37.1. The summed E-state index contributed by atoms with van der Waals surface area (Å²) in [6.45, 7) is 0. The number of hydrogen-bond acceptors (Lipinski definition) is 3. The highest BCUT2D eigenvalue weighted by molar-refractivity contribution is 7.85. The van der Waals surface area contributed by atoms with E-state index in [9.17, 15) is 4.57 Å². The Bertz CT molecular complexity index is 1330. The molecule has 0 spiro atoms. The average molecular weight is 432 g/mol. The topological polar surface area (TPSA) is 42.9 Å². The molecule has 1 heterocycles. The van der Waals surface area contributed by atoms with Gasteiger partial charge in [-0.25, -0.2) is 9.97 Å². The van der Waals surface area contributed by atoms with Crippen LogP contribution in [0.2, 0.25) is 0 Å². The Morgan fingerprint density at radius 1 is 0.500 bits per heavy atom. The van der Waals surface area contributed by atoms with Gasteiger partial charge in [-0.2, -0.15) is 0 Å². The van der Waals surface area contributed by atoms with Gasteiger partial charge in [0, 0.05) is 39.4 Å². The van der Waals surface area contributed by atoms with Crippen LogP contribution >= 0.6 is 7.14 Å². The number of hydrogen-bond donors (Lipinski definition) is 0. The molecule has 32 heavy (non-hydrogen) atoms. The van der Waals surface area contributed by atoms with Crippen molar-refractivity contribution in [1.82, 2.24) is 9.97 Å². The minimum Gasteiger partial charge on any atom is -0.309 e. The maximum atomic E-state index is 14.8. The quantitative estimate of drug-likeness (QED) is 0.347. The highest BCUT2D eigenvalue weighted by Crippen LogP contribution is 2.44. The zero-order chi connectivity index (χ0) is 21.8. The normalized spacial score (nSPS) is 11.2. The van der Waals surface area contributed by atoms with Crippen LogP contribution in [0.4, 0.5) is 0 Å². The highest BCUT2D eigenvalue weighted by Gasteiger charge is 2.32. The van der Waals surface area contributed by atoms with Crippen molar-refractivity contribution >= 4 is 23.1 Å². The summed E-state index contributed by atoms with van der Waals surface area (Å²) in [6.07, 6.45) is 3.65. The molecule has 0 atom stereocenters. The van der Waals surface area contributed by atoms with Crippen LogP contribution in [-0.4, -0.2) is 9.97 Å². The molecule has 0 bridgehead atoms. The van der Waals surface area contributed by atoms with E-state index in [0.29, 0.717) is 5.82 Å². The molecule has 0 aliphatic rings. The van der Waals surface area contributed by atoms with E-state index in [1.165, 1.54) is 0 Å². The fourth-order valence-corrected chi connectivity index (χ4v) is 6.74. The van der Waals surface area contributed by atoms with Gasteiger partial charge in [-0.1, -0.05) is 115 Å². The number of benzene rings is 4. The van der Waals surface area contributed by atoms with Crippen LogP contribution in [0.15, 0.2) is 128 Å². The zero-order valence-electron chi connectivity index (χ0n) is 17.4. The van der Waals surface area contributed by atoms with Crippen LogP contribution in [0.3, 0.4) is 0 Å². The summed E-state index contributed by atoms with van der Waals surface area (Å²) in [5.41, 5.74) is 2.79. The molecule has 0 aliphatic heterocycles. The molecule has 0 N–H and O–H groups in total. The van der Waals surface area contributed by atoms with Crippen LogP contribution in [0.25, 0.3) is 22.5 Å². The first kappa shape index (κ1) is 20.1. The van der Waals surface area contributed by atoms with Gasteiger partial charge in [0.05, 0.1) is 0 Å². The molecule has 0 radical (unpaired) electrons. The molecular formula is C28H21N2OP. The lowest BCUT2D eigenvalue weighted by Gasteiger charge is -2.22. The standard InChI is InChI=1S/C28H21N2OP/c31-32(24-14-6-2-7-15-24,25-16-8-3-9-17-25)27-19-11-10-18-26(27)28-29-20-23(21-30-28)22-12-4-1-5-13-22/h1-21H. The number of nitrogens with zero attached hydrogens (tertiary/aromatic N) is 2. The molecule has 0 saturated carbocycles. The van der Waals surface area contributed by atoms with Gasteiger partial charge in [0.25, 0.3) is 0 Å². The van der Waals surface area contributed by atoms with Crippen molar-refractivity contribution in [2.24, 2.45) is 0 Å². The Hall–Kier alpha value is -3.81.